The summed E-state index contributed by atoms with van der Waals surface area (Å²) in [7, 11) is 0. The lowest BCUT2D eigenvalue weighted by atomic mass is 10.2. The van der Waals surface area contributed by atoms with Crippen molar-refractivity contribution in [1.29, 1.82) is 5.26 Å². The average Bonchev–Trinajstić information content (AvgIpc) is 2.34. The van der Waals surface area contributed by atoms with E-state index in [1.54, 1.807) is 12.1 Å². The smallest absolute Gasteiger partial charge is 0.149 e. The number of hydrogen-bond donors (Lipinski definition) is 2. The van der Waals surface area contributed by atoms with E-state index < -0.39 is 0 Å². The molecular formula is C11H8BrN5. The number of anilines is 3. The van der Waals surface area contributed by atoms with Gasteiger partial charge in [0.15, 0.2) is 0 Å². The molecule has 1 aromatic carbocycles. The Bertz CT molecular complexity index is 573. The summed E-state index contributed by atoms with van der Waals surface area (Å²) in [6.07, 6.45) is 2.96. The first-order chi connectivity index (χ1) is 8.19. The third-order valence-electron chi connectivity index (χ3n) is 2.04. The Kier molecular flexibility index (Phi) is 3.21. The van der Waals surface area contributed by atoms with Gasteiger partial charge in [-0.3, -0.25) is 0 Å². The fourth-order valence-electron chi connectivity index (χ4n) is 1.26. The highest BCUT2D eigenvalue weighted by molar-refractivity contribution is 9.10. The molecule has 0 atom stereocenters. The minimum atomic E-state index is 0.354. The molecule has 84 valence electrons. The van der Waals surface area contributed by atoms with Crippen LogP contribution in [0.1, 0.15) is 5.56 Å². The fourth-order valence-corrected chi connectivity index (χ4v) is 1.62. The summed E-state index contributed by atoms with van der Waals surface area (Å²) in [6, 6.07) is 7.47. The summed E-state index contributed by atoms with van der Waals surface area (Å²) in [4.78, 5) is 7.96. The van der Waals surface area contributed by atoms with E-state index >= 15 is 0 Å². The Labute approximate surface area is 106 Å². The predicted molar refractivity (Wildman–Crippen MR) is 68.6 cm³/mol. The monoisotopic (exact) mass is 289 g/mol. The van der Waals surface area contributed by atoms with Crippen molar-refractivity contribution in [2.75, 3.05) is 11.1 Å². The molecule has 1 heterocycles. The molecule has 0 saturated carbocycles. The maximum absolute atomic E-state index is 9.00. The second-order valence-corrected chi connectivity index (χ2v) is 4.17. The summed E-state index contributed by atoms with van der Waals surface area (Å²) < 4.78 is 0.850. The van der Waals surface area contributed by atoms with Crippen molar-refractivity contribution < 1.29 is 0 Å². The van der Waals surface area contributed by atoms with Gasteiger partial charge >= 0.3 is 0 Å². The van der Waals surface area contributed by atoms with Crippen molar-refractivity contribution >= 4 is 33.3 Å². The van der Waals surface area contributed by atoms with E-state index in [0.29, 0.717) is 22.9 Å². The third kappa shape index (κ3) is 2.71. The lowest BCUT2D eigenvalue weighted by Gasteiger charge is -2.07. The van der Waals surface area contributed by atoms with E-state index in [9.17, 15) is 0 Å². The van der Waals surface area contributed by atoms with Crippen LogP contribution in [0.4, 0.5) is 17.3 Å². The van der Waals surface area contributed by atoms with Gasteiger partial charge in [0, 0.05) is 4.47 Å². The number of hydrogen-bond acceptors (Lipinski definition) is 5. The molecule has 0 spiro atoms. The van der Waals surface area contributed by atoms with Gasteiger partial charge in [-0.15, -0.1) is 0 Å². The number of halogens is 1. The molecule has 2 rings (SSSR count). The van der Waals surface area contributed by atoms with Crippen LogP contribution in [0, 0.1) is 11.3 Å². The minimum absolute atomic E-state index is 0.354. The molecule has 0 aliphatic carbocycles. The highest BCUT2D eigenvalue weighted by Gasteiger charge is 2.03. The van der Waals surface area contributed by atoms with Crippen LogP contribution in [0.3, 0.4) is 0 Å². The molecule has 3 N–H and O–H groups in total. The first-order valence-corrected chi connectivity index (χ1v) is 5.52. The minimum Gasteiger partial charge on any atom is -0.382 e. The van der Waals surface area contributed by atoms with Gasteiger partial charge in [-0.05, 0) is 18.2 Å². The number of nitrogens with two attached hydrogens (primary N) is 1. The fraction of sp³-hybridized carbons (Fsp3) is 0. The lowest BCUT2D eigenvalue weighted by molar-refractivity contribution is 1.21. The second kappa shape index (κ2) is 4.80. The third-order valence-corrected chi connectivity index (χ3v) is 2.53. The normalized spacial score (nSPS) is 9.65. The number of nitrogen functional groups attached to an aromatic ring is 1. The van der Waals surface area contributed by atoms with Crippen molar-refractivity contribution in [3.63, 3.8) is 0 Å². The molecule has 0 aliphatic heterocycles. The number of nitriles is 1. The highest BCUT2D eigenvalue weighted by atomic mass is 79.9. The molecule has 1 aromatic heterocycles. The Morgan fingerprint density at radius 1 is 1.29 bits per heavy atom. The Morgan fingerprint density at radius 2 is 2.12 bits per heavy atom. The summed E-state index contributed by atoms with van der Waals surface area (Å²) in [5.41, 5.74) is 6.64. The summed E-state index contributed by atoms with van der Waals surface area (Å²) >= 11 is 3.31. The summed E-state index contributed by atoms with van der Waals surface area (Å²) in [6.45, 7) is 0. The molecule has 0 unspecified atom stereocenters. The molecule has 0 saturated heterocycles. The van der Waals surface area contributed by atoms with E-state index in [-0.39, 0.29) is 0 Å². The Morgan fingerprint density at radius 3 is 2.76 bits per heavy atom. The number of rotatable bonds is 2. The molecule has 0 amide bonds. The SMILES string of the molecule is N#Cc1cc(Br)ccc1Nc1cnc(N)cn1. The van der Waals surface area contributed by atoms with Gasteiger partial charge in [-0.2, -0.15) is 5.26 Å². The molecule has 0 aliphatic rings. The number of nitrogens with zero attached hydrogens (tertiary/aromatic N) is 3. The highest BCUT2D eigenvalue weighted by Crippen LogP contribution is 2.22. The van der Waals surface area contributed by atoms with E-state index in [1.165, 1.54) is 12.4 Å². The van der Waals surface area contributed by atoms with Gasteiger partial charge < -0.3 is 11.1 Å². The molecule has 0 fully saturated rings. The van der Waals surface area contributed by atoms with Gasteiger partial charge in [-0.1, -0.05) is 15.9 Å². The van der Waals surface area contributed by atoms with E-state index in [4.69, 9.17) is 11.0 Å². The average molecular weight is 290 g/mol. The van der Waals surface area contributed by atoms with Crippen molar-refractivity contribution in [2.45, 2.75) is 0 Å². The molecule has 0 bridgehead atoms. The van der Waals surface area contributed by atoms with Crippen LogP contribution < -0.4 is 11.1 Å². The molecule has 0 radical (unpaired) electrons. The van der Waals surface area contributed by atoms with Crippen LogP contribution in [0.5, 0.6) is 0 Å². The van der Waals surface area contributed by atoms with Crippen molar-refractivity contribution in [2.24, 2.45) is 0 Å². The van der Waals surface area contributed by atoms with Crippen molar-refractivity contribution in [1.82, 2.24) is 9.97 Å². The van der Waals surface area contributed by atoms with Gasteiger partial charge in [0.2, 0.25) is 0 Å². The Hall–Kier alpha value is -2.13. The quantitative estimate of drug-likeness (QED) is 0.887. The zero-order valence-corrected chi connectivity index (χ0v) is 10.3. The van der Waals surface area contributed by atoms with E-state index in [2.05, 4.69) is 37.3 Å². The molecule has 5 nitrogen and oxygen atoms in total. The van der Waals surface area contributed by atoms with Crippen molar-refractivity contribution in [3.05, 3.63) is 40.6 Å². The van der Waals surface area contributed by atoms with Crippen LogP contribution in [0.15, 0.2) is 35.1 Å². The first kappa shape index (κ1) is 11.4. The number of benzene rings is 1. The largest absolute Gasteiger partial charge is 0.382 e. The maximum atomic E-state index is 9.00. The molecule has 6 heteroatoms. The summed E-state index contributed by atoms with van der Waals surface area (Å²) in [5.74, 6) is 0.893. The number of aromatic nitrogens is 2. The molecule has 17 heavy (non-hydrogen) atoms. The maximum Gasteiger partial charge on any atom is 0.149 e. The van der Waals surface area contributed by atoms with E-state index in [0.717, 1.165) is 4.47 Å². The molecule has 2 aromatic rings. The number of nitrogens with one attached hydrogen (secondary N) is 1. The lowest BCUT2D eigenvalue weighted by Crippen LogP contribution is -1.98. The predicted octanol–water partition coefficient (Wildman–Crippen LogP) is 2.44. The first-order valence-electron chi connectivity index (χ1n) is 4.73. The van der Waals surface area contributed by atoms with E-state index in [1.807, 2.05) is 6.07 Å². The van der Waals surface area contributed by atoms with Crippen molar-refractivity contribution in [3.8, 4) is 6.07 Å². The molecular weight excluding hydrogens is 282 g/mol. The summed E-state index contributed by atoms with van der Waals surface area (Å²) in [5, 5.41) is 12.0. The van der Waals surface area contributed by atoms with Crippen LogP contribution >= 0.6 is 15.9 Å². The van der Waals surface area contributed by atoms with Gasteiger partial charge in [0.05, 0.1) is 23.6 Å². The van der Waals surface area contributed by atoms with Crippen LogP contribution in [0.25, 0.3) is 0 Å². The zero-order chi connectivity index (χ0) is 12.3. The van der Waals surface area contributed by atoms with Gasteiger partial charge in [-0.25, -0.2) is 9.97 Å². The second-order valence-electron chi connectivity index (χ2n) is 3.25. The standard InChI is InChI=1S/C11H8BrN5/c12-8-1-2-9(7(3-8)4-13)17-11-6-15-10(14)5-16-11/h1-3,5-6H,(H2,14,15)(H,16,17). The van der Waals surface area contributed by atoms with Crippen LogP contribution in [-0.2, 0) is 0 Å². The zero-order valence-electron chi connectivity index (χ0n) is 8.68. The Balaban J connectivity index is 2.30. The van der Waals surface area contributed by atoms with Gasteiger partial charge in [0.1, 0.15) is 17.7 Å². The van der Waals surface area contributed by atoms with Crippen LogP contribution in [0.2, 0.25) is 0 Å². The van der Waals surface area contributed by atoms with Gasteiger partial charge in [0.25, 0.3) is 0 Å². The van der Waals surface area contributed by atoms with Crippen LogP contribution in [-0.4, -0.2) is 9.97 Å². The topological polar surface area (TPSA) is 87.6 Å².